The Morgan fingerprint density at radius 1 is 1.11 bits per heavy atom. The lowest BCUT2D eigenvalue weighted by Crippen LogP contribution is -2.43. The molecule has 2 aliphatic carbocycles. The molecule has 0 saturated heterocycles. The van der Waals surface area contributed by atoms with Crippen LogP contribution in [0.3, 0.4) is 0 Å². The summed E-state index contributed by atoms with van der Waals surface area (Å²) in [5.41, 5.74) is 6.41. The van der Waals surface area contributed by atoms with E-state index in [1.165, 1.54) is 31.4 Å². The van der Waals surface area contributed by atoms with E-state index in [1.54, 1.807) is 0 Å². The summed E-state index contributed by atoms with van der Waals surface area (Å²) >= 11 is 0. The van der Waals surface area contributed by atoms with E-state index in [9.17, 15) is 8.78 Å². The first-order chi connectivity index (χ1) is 8.46. The second kappa shape index (κ2) is 4.02. The zero-order valence-electron chi connectivity index (χ0n) is 10.6. The van der Waals surface area contributed by atoms with Crippen molar-refractivity contribution >= 4 is 0 Å². The average Bonchev–Trinajstić information content (AvgIpc) is 2.89. The Bertz CT molecular complexity index is 449. The normalized spacial score (nSPS) is 33.7. The molecule has 2 N–H and O–H groups in total. The summed E-state index contributed by atoms with van der Waals surface area (Å²) in [6.07, 6.45) is 4.87. The highest BCUT2D eigenvalue weighted by molar-refractivity contribution is 5.27. The summed E-state index contributed by atoms with van der Waals surface area (Å²) in [4.78, 5) is 0. The zero-order chi connectivity index (χ0) is 12.9. The van der Waals surface area contributed by atoms with Crippen molar-refractivity contribution in [3.05, 3.63) is 35.4 Å². The first kappa shape index (κ1) is 12.1. The Kier molecular flexibility index (Phi) is 2.70. The first-order valence-corrected chi connectivity index (χ1v) is 6.72. The molecule has 1 aromatic rings. The van der Waals surface area contributed by atoms with Gasteiger partial charge in [-0.2, -0.15) is 0 Å². The van der Waals surface area contributed by atoms with E-state index in [1.807, 2.05) is 6.92 Å². The van der Waals surface area contributed by atoms with Gasteiger partial charge in [0.25, 0.3) is 0 Å². The van der Waals surface area contributed by atoms with E-state index >= 15 is 0 Å². The molecule has 0 aromatic heterocycles. The molecule has 2 aliphatic rings. The van der Waals surface area contributed by atoms with Crippen LogP contribution in [0, 0.1) is 29.4 Å². The van der Waals surface area contributed by atoms with Crippen molar-refractivity contribution in [2.24, 2.45) is 23.5 Å². The number of benzene rings is 1. The van der Waals surface area contributed by atoms with E-state index < -0.39 is 17.2 Å². The van der Waals surface area contributed by atoms with Crippen LogP contribution < -0.4 is 5.73 Å². The maximum Gasteiger partial charge on any atom is 0.126 e. The fourth-order valence-electron chi connectivity index (χ4n) is 4.06. The monoisotopic (exact) mass is 251 g/mol. The minimum Gasteiger partial charge on any atom is -0.321 e. The van der Waals surface area contributed by atoms with Gasteiger partial charge in [0, 0.05) is 11.6 Å². The van der Waals surface area contributed by atoms with Gasteiger partial charge < -0.3 is 5.73 Å². The van der Waals surface area contributed by atoms with E-state index in [2.05, 4.69) is 0 Å². The number of hydrogen-bond donors (Lipinski definition) is 1. The third kappa shape index (κ3) is 1.85. The lowest BCUT2D eigenvalue weighted by atomic mass is 9.72. The summed E-state index contributed by atoms with van der Waals surface area (Å²) in [7, 11) is 0. The van der Waals surface area contributed by atoms with E-state index in [4.69, 9.17) is 5.73 Å². The van der Waals surface area contributed by atoms with Gasteiger partial charge in [0.2, 0.25) is 0 Å². The fraction of sp³-hybridized carbons (Fsp3) is 0.600. The highest BCUT2D eigenvalue weighted by Crippen LogP contribution is 2.53. The van der Waals surface area contributed by atoms with Gasteiger partial charge in [0.1, 0.15) is 11.6 Å². The molecule has 2 bridgehead atoms. The van der Waals surface area contributed by atoms with Gasteiger partial charge in [-0.25, -0.2) is 8.78 Å². The van der Waals surface area contributed by atoms with Crippen LogP contribution in [0.4, 0.5) is 8.78 Å². The van der Waals surface area contributed by atoms with Crippen LogP contribution in [-0.4, -0.2) is 0 Å². The Labute approximate surface area is 106 Å². The van der Waals surface area contributed by atoms with E-state index in [0.717, 1.165) is 18.4 Å². The topological polar surface area (TPSA) is 26.0 Å². The second-order valence-electron chi connectivity index (χ2n) is 6.22. The van der Waals surface area contributed by atoms with Crippen LogP contribution in [-0.2, 0) is 5.54 Å². The quantitative estimate of drug-likeness (QED) is 0.854. The van der Waals surface area contributed by atoms with Crippen molar-refractivity contribution in [3.63, 3.8) is 0 Å². The molecule has 4 atom stereocenters. The molecule has 4 unspecified atom stereocenters. The van der Waals surface area contributed by atoms with Crippen molar-refractivity contribution < 1.29 is 8.78 Å². The number of fused-ring (bicyclic) bond motifs is 2. The van der Waals surface area contributed by atoms with Gasteiger partial charge in [-0.15, -0.1) is 0 Å². The largest absolute Gasteiger partial charge is 0.321 e. The van der Waals surface area contributed by atoms with Crippen LogP contribution in [0.2, 0.25) is 0 Å². The van der Waals surface area contributed by atoms with Crippen molar-refractivity contribution in [2.45, 2.75) is 38.1 Å². The van der Waals surface area contributed by atoms with E-state index in [0.29, 0.717) is 17.4 Å². The van der Waals surface area contributed by atoms with Crippen molar-refractivity contribution in [3.8, 4) is 0 Å². The maximum absolute atomic E-state index is 13.3. The summed E-state index contributed by atoms with van der Waals surface area (Å²) in [5.74, 6) is 0.699. The Morgan fingerprint density at radius 2 is 1.78 bits per heavy atom. The highest BCUT2D eigenvalue weighted by Gasteiger charge is 2.47. The maximum atomic E-state index is 13.3. The summed E-state index contributed by atoms with van der Waals surface area (Å²) in [5, 5.41) is 0. The molecule has 0 amide bonds. The highest BCUT2D eigenvalue weighted by atomic mass is 19.1. The standard InChI is InChI=1S/C15H19F2N/c1-15(18,11-6-12(16)8-13(17)7-11)14-5-9-2-3-10(14)4-9/h6-10,14H,2-5,18H2,1H3. The molecular formula is C15H19F2N. The van der Waals surface area contributed by atoms with Crippen LogP contribution in [0.25, 0.3) is 0 Å². The smallest absolute Gasteiger partial charge is 0.126 e. The second-order valence-corrected chi connectivity index (χ2v) is 6.22. The molecule has 2 saturated carbocycles. The molecule has 0 aliphatic heterocycles. The number of hydrogen-bond acceptors (Lipinski definition) is 1. The van der Waals surface area contributed by atoms with Gasteiger partial charge in [0.05, 0.1) is 0 Å². The lowest BCUT2D eigenvalue weighted by Gasteiger charge is -2.37. The van der Waals surface area contributed by atoms with Crippen LogP contribution in [0.5, 0.6) is 0 Å². The van der Waals surface area contributed by atoms with Gasteiger partial charge in [-0.05, 0) is 61.6 Å². The Balaban J connectivity index is 1.93. The Hall–Kier alpha value is -0.960. The predicted molar refractivity (Wildman–Crippen MR) is 66.8 cm³/mol. The average molecular weight is 251 g/mol. The molecule has 3 rings (SSSR count). The number of rotatable bonds is 2. The molecule has 2 fully saturated rings. The Morgan fingerprint density at radius 3 is 2.28 bits per heavy atom. The third-order valence-electron chi connectivity index (χ3n) is 4.99. The predicted octanol–water partition coefficient (Wildman–Crippen LogP) is 3.57. The number of nitrogens with two attached hydrogens (primary N) is 1. The minimum atomic E-state index is -0.622. The van der Waals surface area contributed by atoms with Gasteiger partial charge in [-0.3, -0.25) is 0 Å². The van der Waals surface area contributed by atoms with Crippen LogP contribution in [0.15, 0.2) is 18.2 Å². The van der Waals surface area contributed by atoms with E-state index in [-0.39, 0.29) is 0 Å². The van der Waals surface area contributed by atoms with Gasteiger partial charge in [-0.1, -0.05) is 6.42 Å². The molecule has 0 spiro atoms. The zero-order valence-corrected chi connectivity index (χ0v) is 10.6. The molecule has 3 heteroatoms. The molecule has 0 radical (unpaired) electrons. The summed E-state index contributed by atoms with van der Waals surface area (Å²) in [6, 6.07) is 3.67. The van der Waals surface area contributed by atoms with Crippen molar-refractivity contribution in [2.75, 3.05) is 0 Å². The van der Waals surface area contributed by atoms with Gasteiger partial charge in [0.15, 0.2) is 0 Å². The third-order valence-corrected chi connectivity index (χ3v) is 4.99. The van der Waals surface area contributed by atoms with Crippen molar-refractivity contribution in [1.82, 2.24) is 0 Å². The fourth-order valence-corrected chi connectivity index (χ4v) is 4.06. The molecule has 1 aromatic carbocycles. The first-order valence-electron chi connectivity index (χ1n) is 6.72. The summed E-state index contributed by atoms with van der Waals surface area (Å²) in [6.45, 7) is 1.92. The van der Waals surface area contributed by atoms with Crippen molar-refractivity contribution in [1.29, 1.82) is 0 Å². The number of halogens is 2. The molecule has 1 nitrogen and oxygen atoms in total. The minimum absolute atomic E-state index is 0.359. The molecular weight excluding hydrogens is 232 g/mol. The molecule has 18 heavy (non-hydrogen) atoms. The molecule has 0 heterocycles. The van der Waals surface area contributed by atoms with Crippen LogP contribution >= 0.6 is 0 Å². The lowest BCUT2D eigenvalue weighted by molar-refractivity contribution is 0.203. The van der Waals surface area contributed by atoms with Crippen LogP contribution in [0.1, 0.15) is 38.2 Å². The summed E-state index contributed by atoms with van der Waals surface area (Å²) < 4.78 is 26.7. The SMILES string of the molecule is CC(N)(c1cc(F)cc(F)c1)C1CC2CCC1C2. The van der Waals surface area contributed by atoms with Gasteiger partial charge >= 0.3 is 0 Å². The molecule has 98 valence electrons.